The number of hydrogen-bond donors (Lipinski definition) is 2. The van der Waals surface area contributed by atoms with E-state index in [-0.39, 0.29) is 11.8 Å². The first kappa shape index (κ1) is 19.6. The third-order valence-corrected chi connectivity index (χ3v) is 7.55. The van der Waals surface area contributed by atoms with E-state index in [9.17, 15) is 9.59 Å². The van der Waals surface area contributed by atoms with Gasteiger partial charge in [-0.15, -0.1) is 0 Å². The van der Waals surface area contributed by atoms with Gasteiger partial charge < -0.3 is 0 Å². The summed E-state index contributed by atoms with van der Waals surface area (Å²) in [6.07, 6.45) is 16.7. The lowest BCUT2D eigenvalue weighted by atomic mass is 9.90. The summed E-state index contributed by atoms with van der Waals surface area (Å²) in [6, 6.07) is 0. The molecule has 4 saturated carbocycles. The molecule has 28 heavy (non-hydrogen) atoms. The average Bonchev–Trinajstić information content (AvgIpc) is 3.46. The number of nitrogens with zero attached hydrogens (tertiary/aromatic N) is 2. The Bertz CT molecular complexity index is 578. The molecular formula is C22H34N4O2. The Morgan fingerprint density at radius 2 is 1.18 bits per heavy atom. The smallest absolute Gasteiger partial charge is 0.240 e. The number of carbonyl (C=O) groups excluding carboxylic acids is 2. The molecule has 0 radical (unpaired) electrons. The van der Waals surface area contributed by atoms with Crippen LogP contribution in [-0.4, -0.2) is 24.2 Å². The number of unbranched alkanes of at least 4 members (excludes halogenated alkanes) is 1. The number of nitrogens with one attached hydrogen (secondary N) is 2. The maximum Gasteiger partial charge on any atom is 0.240 e. The molecule has 0 aromatic carbocycles. The Morgan fingerprint density at radius 3 is 1.54 bits per heavy atom. The lowest BCUT2D eigenvalue weighted by Crippen LogP contribution is -2.21. The summed E-state index contributed by atoms with van der Waals surface area (Å²) in [7, 11) is 0. The van der Waals surface area contributed by atoms with Gasteiger partial charge in [-0.25, -0.2) is 10.9 Å². The highest BCUT2D eigenvalue weighted by Gasteiger charge is 2.39. The van der Waals surface area contributed by atoms with Crippen LogP contribution in [0, 0.1) is 35.5 Å². The van der Waals surface area contributed by atoms with Gasteiger partial charge >= 0.3 is 0 Å². The highest BCUT2D eigenvalue weighted by Crippen LogP contribution is 2.48. The molecule has 0 spiro atoms. The Kier molecular flexibility index (Phi) is 6.43. The second-order valence-electron chi connectivity index (χ2n) is 9.51. The summed E-state index contributed by atoms with van der Waals surface area (Å²) in [4.78, 5) is 23.7. The predicted molar refractivity (Wildman–Crippen MR) is 110 cm³/mol. The SMILES string of the molecule is O=C(CCCCC(=O)N/N=C/[C@@H]1C[C@@H]2CC[C@@H]1C2)N/N=C/[C@@H]1C[C@@H]2CC[C@@H]1C2. The van der Waals surface area contributed by atoms with Crippen molar-refractivity contribution < 1.29 is 9.59 Å². The maximum atomic E-state index is 11.9. The van der Waals surface area contributed by atoms with Crippen molar-refractivity contribution in [3.8, 4) is 0 Å². The van der Waals surface area contributed by atoms with Crippen LogP contribution >= 0.6 is 0 Å². The van der Waals surface area contributed by atoms with Crippen LogP contribution in [0.25, 0.3) is 0 Å². The molecule has 2 amide bonds. The van der Waals surface area contributed by atoms with Crippen LogP contribution in [0.5, 0.6) is 0 Å². The van der Waals surface area contributed by atoms with Gasteiger partial charge in [0.2, 0.25) is 11.8 Å². The van der Waals surface area contributed by atoms with Crippen LogP contribution < -0.4 is 10.9 Å². The zero-order valence-electron chi connectivity index (χ0n) is 16.8. The number of rotatable bonds is 9. The van der Waals surface area contributed by atoms with E-state index < -0.39 is 0 Å². The number of hydrogen-bond acceptors (Lipinski definition) is 4. The monoisotopic (exact) mass is 386 g/mol. The first-order valence-corrected chi connectivity index (χ1v) is 11.3. The molecule has 0 heterocycles. The number of carbonyl (C=O) groups is 2. The van der Waals surface area contributed by atoms with Crippen molar-refractivity contribution in [1.29, 1.82) is 0 Å². The topological polar surface area (TPSA) is 82.9 Å². The van der Waals surface area contributed by atoms with E-state index in [1.165, 1.54) is 51.4 Å². The van der Waals surface area contributed by atoms with Gasteiger partial charge in [0, 0.05) is 25.3 Å². The summed E-state index contributed by atoms with van der Waals surface area (Å²) < 4.78 is 0. The van der Waals surface area contributed by atoms with Crippen molar-refractivity contribution in [2.24, 2.45) is 45.7 Å². The van der Waals surface area contributed by atoms with Crippen molar-refractivity contribution in [1.82, 2.24) is 10.9 Å². The Labute approximate surface area is 168 Å². The predicted octanol–water partition coefficient (Wildman–Crippen LogP) is 3.62. The van der Waals surface area contributed by atoms with Gasteiger partial charge in [-0.1, -0.05) is 12.8 Å². The van der Waals surface area contributed by atoms with E-state index in [1.54, 1.807) is 0 Å². The average molecular weight is 387 g/mol. The van der Waals surface area contributed by atoms with Crippen LogP contribution in [0.3, 0.4) is 0 Å². The van der Waals surface area contributed by atoms with Crippen molar-refractivity contribution >= 4 is 24.2 Å². The van der Waals surface area contributed by atoms with E-state index in [4.69, 9.17) is 0 Å². The molecule has 6 atom stereocenters. The number of hydrazone groups is 2. The minimum atomic E-state index is -0.0610. The Balaban J connectivity index is 1.03. The molecule has 0 saturated heterocycles. The molecule has 0 unspecified atom stereocenters. The highest BCUT2D eigenvalue weighted by atomic mass is 16.2. The van der Waals surface area contributed by atoms with Gasteiger partial charge in [0.1, 0.15) is 0 Å². The number of amides is 2. The summed E-state index contributed by atoms with van der Waals surface area (Å²) in [5.41, 5.74) is 5.28. The van der Waals surface area contributed by atoms with Crippen LogP contribution in [0.1, 0.15) is 77.0 Å². The van der Waals surface area contributed by atoms with Gasteiger partial charge in [-0.05, 0) is 86.9 Å². The Morgan fingerprint density at radius 1 is 0.714 bits per heavy atom. The molecule has 0 aromatic heterocycles. The fraction of sp³-hybridized carbons (Fsp3) is 0.818. The lowest BCUT2D eigenvalue weighted by molar-refractivity contribution is -0.123. The molecule has 4 aliphatic rings. The summed E-state index contributed by atoms with van der Waals surface area (Å²) >= 11 is 0. The van der Waals surface area contributed by atoms with E-state index in [2.05, 4.69) is 21.1 Å². The molecule has 4 fully saturated rings. The zero-order valence-corrected chi connectivity index (χ0v) is 16.8. The quantitative estimate of drug-likeness (QED) is 0.360. The van der Waals surface area contributed by atoms with E-state index in [0.717, 1.165) is 23.7 Å². The lowest BCUT2D eigenvalue weighted by Gasteiger charge is -2.16. The molecular weight excluding hydrogens is 352 g/mol. The zero-order chi connectivity index (χ0) is 19.3. The second-order valence-corrected chi connectivity index (χ2v) is 9.51. The maximum absolute atomic E-state index is 11.9. The molecule has 154 valence electrons. The van der Waals surface area contributed by atoms with Crippen molar-refractivity contribution in [2.45, 2.75) is 77.0 Å². The standard InChI is InChI=1S/C22H34N4O2/c27-21(25-23-13-19-11-15-5-7-17(19)9-15)3-1-2-4-22(28)26-24-14-20-12-16-6-8-18(20)10-16/h13-20H,1-12H2,(H,25,27)(H,26,28)/b23-13+,24-14+/t15-,16-,17-,18-,19+,20+/m1/s1. The molecule has 6 heteroatoms. The molecule has 0 aliphatic heterocycles. The van der Waals surface area contributed by atoms with E-state index in [1.807, 2.05) is 12.4 Å². The first-order chi connectivity index (χ1) is 13.7. The van der Waals surface area contributed by atoms with Crippen LogP contribution in [0.4, 0.5) is 0 Å². The number of fused-ring (bicyclic) bond motifs is 4. The van der Waals surface area contributed by atoms with Crippen LogP contribution in [0.15, 0.2) is 10.2 Å². The minimum Gasteiger partial charge on any atom is -0.273 e. The fourth-order valence-corrected chi connectivity index (χ4v) is 6.05. The molecule has 4 bridgehead atoms. The molecule has 6 nitrogen and oxygen atoms in total. The highest BCUT2D eigenvalue weighted by molar-refractivity contribution is 5.78. The third-order valence-electron chi connectivity index (χ3n) is 7.55. The van der Waals surface area contributed by atoms with Crippen molar-refractivity contribution in [2.75, 3.05) is 0 Å². The molecule has 4 aliphatic carbocycles. The van der Waals surface area contributed by atoms with Gasteiger partial charge in [-0.2, -0.15) is 10.2 Å². The van der Waals surface area contributed by atoms with Gasteiger partial charge in [0.15, 0.2) is 0 Å². The molecule has 4 rings (SSSR count). The van der Waals surface area contributed by atoms with Gasteiger partial charge in [0.25, 0.3) is 0 Å². The molecule has 2 N–H and O–H groups in total. The first-order valence-electron chi connectivity index (χ1n) is 11.3. The Hall–Kier alpha value is -1.72. The third kappa shape index (κ3) is 5.00. The fourth-order valence-electron chi connectivity index (χ4n) is 6.05. The normalized spacial score (nSPS) is 36.0. The molecule has 0 aromatic rings. The minimum absolute atomic E-state index is 0.0610. The second kappa shape index (κ2) is 9.19. The van der Waals surface area contributed by atoms with Crippen LogP contribution in [0.2, 0.25) is 0 Å². The summed E-state index contributed by atoms with van der Waals surface area (Å²) in [6.45, 7) is 0. The van der Waals surface area contributed by atoms with E-state index in [0.29, 0.717) is 37.5 Å². The van der Waals surface area contributed by atoms with Gasteiger partial charge in [-0.3, -0.25) is 9.59 Å². The van der Waals surface area contributed by atoms with E-state index >= 15 is 0 Å². The van der Waals surface area contributed by atoms with Crippen molar-refractivity contribution in [3.05, 3.63) is 0 Å². The van der Waals surface area contributed by atoms with Crippen molar-refractivity contribution in [3.63, 3.8) is 0 Å². The largest absolute Gasteiger partial charge is 0.273 e. The summed E-state index contributed by atoms with van der Waals surface area (Å²) in [5.74, 6) is 4.35. The summed E-state index contributed by atoms with van der Waals surface area (Å²) in [5, 5.41) is 8.31. The van der Waals surface area contributed by atoms with Crippen LogP contribution in [-0.2, 0) is 9.59 Å². The van der Waals surface area contributed by atoms with Gasteiger partial charge in [0.05, 0.1) is 0 Å².